The second-order valence-electron chi connectivity index (χ2n) is 8.23. The Labute approximate surface area is 222 Å². The Balaban J connectivity index is 0.000000255. The highest BCUT2D eigenvalue weighted by Gasteiger charge is 2.25. The second kappa shape index (κ2) is 12.6. The molecule has 0 bridgehead atoms. The Morgan fingerprint density at radius 3 is 2.10 bits per heavy atom. The zero-order valence-corrected chi connectivity index (χ0v) is 21.3. The Hall–Kier alpha value is -4.91. The molecule has 204 valence electrons. The number of aromatic nitrogens is 3. The van der Waals surface area contributed by atoms with E-state index in [1.54, 1.807) is 12.3 Å². The van der Waals surface area contributed by atoms with E-state index < -0.39 is 23.2 Å². The minimum Gasteiger partial charge on any atom is -0.494 e. The molecule has 0 unspecified atom stereocenters. The number of carboxylic acids is 1. The predicted octanol–water partition coefficient (Wildman–Crippen LogP) is 2.87. The van der Waals surface area contributed by atoms with Crippen LogP contribution in [0.15, 0.2) is 48.9 Å². The molecule has 0 radical (unpaired) electrons. The zero-order chi connectivity index (χ0) is 28.7. The number of carbonyl (C=O) groups excluding carboxylic acids is 1. The van der Waals surface area contributed by atoms with Crippen LogP contribution in [-0.4, -0.2) is 64.6 Å². The van der Waals surface area contributed by atoms with E-state index in [-0.39, 0.29) is 46.1 Å². The number of anilines is 1. The summed E-state index contributed by atoms with van der Waals surface area (Å²) in [6.45, 7) is 0.876. The van der Waals surface area contributed by atoms with Gasteiger partial charge in [0, 0.05) is 36.8 Å². The average molecular weight is 541 g/mol. The van der Waals surface area contributed by atoms with Crippen molar-refractivity contribution in [1.29, 1.82) is 0 Å². The van der Waals surface area contributed by atoms with Crippen LogP contribution < -0.4 is 20.9 Å². The highest BCUT2D eigenvalue weighted by atomic mass is 19.1. The van der Waals surface area contributed by atoms with Gasteiger partial charge in [-0.25, -0.2) is 18.6 Å². The van der Waals surface area contributed by atoms with Gasteiger partial charge in [-0.05, 0) is 24.7 Å². The Kier molecular flexibility index (Phi) is 9.23. The SMILES string of the molecule is CN(CC(N)=O)Cc1ccc(N)nc1.COc1cc(OC)c(F)c(-c2ccc(C(=O)O)c3nccnc23)c1F. The van der Waals surface area contributed by atoms with Crippen molar-refractivity contribution in [2.24, 2.45) is 5.73 Å². The van der Waals surface area contributed by atoms with Gasteiger partial charge in [0.1, 0.15) is 11.3 Å². The van der Waals surface area contributed by atoms with Gasteiger partial charge >= 0.3 is 5.97 Å². The highest BCUT2D eigenvalue weighted by Crippen LogP contribution is 2.40. The maximum atomic E-state index is 14.7. The molecule has 0 fully saturated rings. The third kappa shape index (κ3) is 6.70. The fraction of sp³-hybridized carbons (Fsp3) is 0.192. The number of rotatable bonds is 8. The van der Waals surface area contributed by atoms with Gasteiger partial charge in [0.2, 0.25) is 5.91 Å². The van der Waals surface area contributed by atoms with Crippen LogP contribution in [-0.2, 0) is 11.3 Å². The minimum atomic E-state index is -1.22. The lowest BCUT2D eigenvalue weighted by atomic mass is 9.99. The molecule has 1 amide bonds. The van der Waals surface area contributed by atoms with Crippen LogP contribution in [0.2, 0.25) is 0 Å². The number of carbonyl (C=O) groups is 2. The molecule has 0 atom stereocenters. The molecule has 0 saturated carbocycles. The number of carboxylic acid groups (broad SMARTS) is 1. The van der Waals surface area contributed by atoms with Crippen molar-refractivity contribution in [2.75, 3.05) is 33.5 Å². The number of ether oxygens (including phenoxy) is 2. The van der Waals surface area contributed by atoms with Gasteiger partial charge in [-0.15, -0.1) is 0 Å². The van der Waals surface area contributed by atoms with Gasteiger partial charge in [-0.3, -0.25) is 19.7 Å². The van der Waals surface area contributed by atoms with Crippen molar-refractivity contribution in [3.8, 4) is 22.6 Å². The summed E-state index contributed by atoms with van der Waals surface area (Å²) in [5.74, 6) is -3.39. The molecule has 0 aliphatic heterocycles. The molecule has 2 aromatic heterocycles. The Morgan fingerprint density at radius 2 is 1.59 bits per heavy atom. The molecule has 2 heterocycles. The summed E-state index contributed by atoms with van der Waals surface area (Å²) in [4.78, 5) is 35.7. The number of pyridine rings is 1. The van der Waals surface area contributed by atoms with Crippen LogP contribution in [0.4, 0.5) is 14.6 Å². The first-order chi connectivity index (χ1) is 18.6. The summed E-state index contributed by atoms with van der Waals surface area (Å²) in [7, 11) is 4.30. The summed E-state index contributed by atoms with van der Waals surface area (Å²) < 4.78 is 39.3. The normalized spacial score (nSPS) is 10.6. The molecule has 0 aliphatic rings. The highest BCUT2D eigenvalue weighted by molar-refractivity contribution is 6.05. The zero-order valence-electron chi connectivity index (χ0n) is 21.3. The third-order valence-corrected chi connectivity index (χ3v) is 5.42. The van der Waals surface area contributed by atoms with Crippen LogP contribution in [0, 0.1) is 11.6 Å². The summed E-state index contributed by atoms with van der Waals surface area (Å²) in [6.07, 6.45) is 4.30. The predicted molar refractivity (Wildman–Crippen MR) is 139 cm³/mol. The van der Waals surface area contributed by atoms with Crippen molar-refractivity contribution in [2.45, 2.75) is 6.54 Å². The van der Waals surface area contributed by atoms with Gasteiger partial charge < -0.3 is 26.0 Å². The Bertz CT molecular complexity index is 1470. The molecule has 4 rings (SSSR count). The quantitative estimate of drug-likeness (QED) is 0.302. The molecule has 0 saturated heterocycles. The van der Waals surface area contributed by atoms with Crippen molar-refractivity contribution in [3.63, 3.8) is 0 Å². The van der Waals surface area contributed by atoms with Gasteiger partial charge in [-0.1, -0.05) is 12.1 Å². The number of hydrogen-bond acceptors (Lipinski definition) is 9. The molecule has 5 N–H and O–H groups in total. The van der Waals surface area contributed by atoms with Gasteiger partial charge in [-0.2, -0.15) is 0 Å². The van der Waals surface area contributed by atoms with Crippen LogP contribution >= 0.6 is 0 Å². The third-order valence-electron chi connectivity index (χ3n) is 5.42. The number of nitrogens with zero attached hydrogens (tertiary/aromatic N) is 4. The lowest BCUT2D eigenvalue weighted by Crippen LogP contribution is -2.30. The first kappa shape index (κ1) is 28.7. The molecule has 0 aliphatic carbocycles. The number of fused-ring (bicyclic) bond motifs is 1. The molecular weight excluding hydrogens is 514 g/mol. The van der Waals surface area contributed by atoms with E-state index in [1.807, 2.05) is 18.0 Å². The average Bonchev–Trinajstić information content (AvgIpc) is 2.90. The van der Waals surface area contributed by atoms with E-state index in [2.05, 4.69) is 15.0 Å². The number of amides is 1. The summed E-state index contributed by atoms with van der Waals surface area (Å²) in [6, 6.07) is 7.20. The lowest BCUT2D eigenvalue weighted by molar-refractivity contribution is -0.118. The van der Waals surface area contributed by atoms with E-state index in [0.29, 0.717) is 12.4 Å². The molecule has 2 aromatic carbocycles. The maximum Gasteiger partial charge on any atom is 0.337 e. The lowest BCUT2D eigenvalue weighted by Gasteiger charge is -2.14. The van der Waals surface area contributed by atoms with E-state index in [0.717, 1.165) is 11.6 Å². The number of aromatic carboxylic acids is 1. The van der Waals surface area contributed by atoms with E-state index in [4.69, 9.17) is 20.9 Å². The van der Waals surface area contributed by atoms with E-state index >= 15 is 0 Å². The number of benzene rings is 2. The van der Waals surface area contributed by atoms with Crippen molar-refractivity contribution < 1.29 is 33.0 Å². The smallest absolute Gasteiger partial charge is 0.337 e. The monoisotopic (exact) mass is 540 g/mol. The minimum absolute atomic E-state index is 0.0214. The van der Waals surface area contributed by atoms with Gasteiger partial charge in [0.15, 0.2) is 23.1 Å². The molecule has 39 heavy (non-hydrogen) atoms. The van der Waals surface area contributed by atoms with Gasteiger partial charge in [0.05, 0.1) is 37.4 Å². The first-order valence-corrected chi connectivity index (χ1v) is 11.3. The molecule has 4 aromatic rings. The van der Waals surface area contributed by atoms with E-state index in [9.17, 15) is 23.5 Å². The van der Waals surface area contributed by atoms with Crippen LogP contribution in [0.1, 0.15) is 15.9 Å². The number of likely N-dealkylation sites (N-methyl/N-ethyl adjacent to an activating group) is 1. The summed E-state index contributed by atoms with van der Waals surface area (Å²) in [5.41, 5.74) is 11.1. The number of nitrogens with two attached hydrogens (primary N) is 2. The number of primary amides is 1. The van der Waals surface area contributed by atoms with Crippen molar-refractivity contribution >= 4 is 28.7 Å². The maximum absolute atomic E-state index is 14.7. The van der Waals surface area contributed by atoms with Gasteiger partial charge in [0.25, 0.3) is 0 Å². The van der Waals surface area contributed by atoms with Crippen molar-refractivity contribution in [3.05, 3.63) is 71.7 Å². The first-order valence-electron chi connectivity index (χ1n) is 11.3. The topological polar surface area (TPSA) is 167 Å². The number of hydrogen-bond donors (Lipinski definition) is 3. The largest absolute Gasteiger partial charge is 0.494 e. The number of halogens is 2. The number of methoxy groups -OCH3 is 2. The van der Waals surface area contributed by atoms with Crippen molar-refractivity contribution in [1.82, 2.24) is 19.9 Å². The van der Waals surface area contributed by atoms with Crippen LogP contribution in [0.25, 0.3) is 22.2 Å². The standard InChI is InChI=1S/C17H12F2N2O4.C9H14N4O/c1-24-10-7-11(25-2)14(19)12(13(10)18)8-3-4-9(17(22)23)16-15(8)20-5-6-21-16;1-13(6-9(11)14)5-7-2-3-8(10)12-4-7/h3-7H,1-2H3,(H,22,23);2-4H,5-6H2,1H3,(H2,10,12)(H2,11,14). The molecule has 11 nitrogen and oxygen atoms in total. The second-order valence-corrected chi connectivity index (χ2v) is 8.23. The van der Waals surface area contributed by atoms with E-state index in [1.165, 1.54) is 38.7 Å². The fourth-order valence-corrected chi connectivity index (χ4v) is 3.72. The van der Waals surface area contributed by atoms with Crippen LogP contribution in [0.3, 0.4) is 0 Å². The summed E-state index contributed by atoms with van der Waals surface area (Å²) >= 11 is 0. The number of nitrogen functional groups attached to an aromatic ring is 1. The Morgan fingerprint density at radius 1 is 0.974 bits per heavy atom. The molecule has 0 spiro atoms. The molecular formula is C26H26F2N6O5. The summed E-state index contributed by atoms with van der Waals surface area (Å²) in [5, 5.41) is 9.26. The fourth-order valence-electron chi connectivity index (χ4n) is 3.72. The van der Waals surface area contributed by atoms with Crippen LogP contribution in [0.5, 0.6) is 11.5 Å². The molecule has 13 heteroatoms.